The van der Waals surface area contributed by atoms with Gasteiger partial charge in [-0.2, -0.15) is 0 Å². The third kappa shape index (κ3) is 5.33. The number of methoxy groups -OCH3 is 1. The average Bonchev–Trinajstić information content (AvgIpc) is 2.39. The van der Waals surface area contributed by atoms with Crippen LogP contribution in [0.2, 0.25) is 0 Å². The maximum atomic E-state index is 11.7. The molecular weight excluding hydrogens is 232 g/mol. The van der Waals surface area contributed by atoms with Gasteiger partial charge in [0, 0.05) is 19.7 Å². The molecule has 0 heterocycles. The van der Waals surface area contributed by atoms with Crippen LogP contribution >= 0.6 is 0 Å². The molecule has 0 bridgehead atoms. The van der Waals surface area contributed by atoms with Crippen molar-refractivity contribution in [2.75, 3.05) is 27.3 Å². The Hall–Kier alpha value is -0.650. The smallest absolute Gasteiger partial charge is 0.248 e. The molecule has 1 aliphatic carbocycles. The van der Waals surface area contributed by atoms with E-state index in [4.69, 9.17) is 9.47 Å². The van der Waals surface area contributed by atoms with Crippen molar-refractivity contribution in [2.45, 2.75) is 50.9 Å². The molecule has 106 valence electrons. The van der Waals surface area contributed by atoms with Gasteiger partial charge in [-0.05, 0) is 39.7 Å². The maximum Gasteiger partial charge on any atom is 0.248 e. The van der Waals surface area contributed by atoms with Gasteiger partial charge in [-0.3, -0.25) is 4.79 Å². The van der Waals surface area contributed by atoms with E-state index in [2.05, 4.69) is 10.6 Å². The Morgan fingerprint density at radius 1 is 1.33 bits per heavy atom. The van der Waals surface area contributed by atoms with Crippen LogP contribution < -0.4 is 10.6 Å². The van der Waals surface area contributed by atoms with Gasteiger partial charge in [-0.25, -0.2) is 0 Å². The lowest BCUT2D eigenvalue weighted by molar-refractivity contribution is -0.136. The zero-order chi connectivity index (χ0) is 13.4. The Kier molecular flexibility index (Phi) is 7.23. The normalized spacial score (nSPS) is 25.7. The lowest BCUT2D eigenvalue weighted by Gasteiger charge is -2.30. The Balaban J connectivity index is 2.19. The summed E-state index contributed by atoms with van der Waals surface area (Å²) in [6.45, 7) is 2.88. The van der Waals surface area contributed by atoms with Gasteiger partial charge in [0.15, 0.2) is 0 Å². The molecule has 0 spiro atoms. The number of carbonyl (C=O) groups excluding carboxylic acids is 1. The summed E-state index contributed by atoms with van der Waals surface area (Å²) in [5.74, 6) is -0.0530. The minimum absolute atomic E-state index is 0.0530. The molecule has 18 heavy (non-hydrogen) atoms. The first-order valence-corrected chi connectivity index (χ1v) is 6.76. The summed E-state index contributed by atoms with van der Waals surface area (Å²) in [5.41, 5.74) is 0. The fourth-order valence-electron chi connectivity index (χ4n) is 2.26. The van der Waals surface area contributed by atoms with Crippen molar-refractivity contribution in [3.63, 3.8) is 0 Å². The summed E-state index contributed by atoms with van der Waals surface area (Å²) >= 11 is 0. The molecule has 0 radical (unpaired) electrons. The molecule has 1 saturated carbocycles. The fourth-order valence-corrected chi connectivity index (χ4v) is 2.26. The molecule has 5 nitrogen and oxygen atoms in total. The highest BCUT2D eigenvalue weighted by Gasteiger charge is 2.24. The molecule has 5 heteroatoms. The highest BCUT2D eigenvalue weighted by Crippen LogP contribution is 2.22. The Morgan fingerprint density at radius 2 is 2.00 bits per heavy atom. The number of amides is 1. The number of rotatable bonds is 7. The summed E-state index contributed by atoms with van der Waals surface area (Å²) in [7, 11) is 3.62. The van der Waals surface area contributed by atoms with Gasteiger partial charge < -0.3 is 20.1 Å². The molecule has 2 N–H and O–H groups in total. The fraction of sp³-hybridized carbons (Fsp3) is 0.923. The van der Waals surface area contributed by atoms with Crippen LogP contribution in [0.1, 0.15) is 32.6 Å². The van der Waals surface area contributed by atoms with E-state index in [1.807, 2.05) is 14.0 Å². The molecule has 1 amide bonds. The van der Waals surface area contributed by atoms with Crippen LogP contribution in [-0.4, -0.2) is 51.5 Å². The molecule has 0 saturated heterocycles. The quantitative estimate of drug-likeness (QED) is 0.660. The second-order valence-corrected chi connectivity index (χ2v) is 4.82. The molecule has 1 aliphatic rings. The first kappa shape index (κ1) is 15.4. The third-order valence-electron chi connectivity index (χ3n) is 3.45. The predicted octanol–water partition coefficient (Wildman–Crippen LogP) is 0.685. The number of hydrogen-bond donors (Lipinski definition) is 2. The molecule has 1 rings (SSSR count). The van der Waals surface area contributed by atoms with Gasteiger partial charge in [-0.1, -0.05) is 0 Å². The lowest BCUT2D eigenvalue weighted by atomic mass is 9.93. The van der Waals surface area contributed by atoms with Crippen molar-refractivity contribution >= 4 is 5.91 Å². The van der Waals surface area contributed by atoms with Crippen molar-refractivity contribution in [1.29, 1.82) is 0 Å². The van der Waals surface area contributed by atoms with Crippen LogP contribution in [-0.2, 0) is 14.3 Å². The Labute approximate surface area is 110 Å². The topological polar surface area (TPSA) is 59.6 Å². The van der Waals surface area contributed by atoms with Crippen molar-refractivity contribution in [1.82, 2.24) is 10.6 Å². The molecule has 1 fully saturated rings. The van der Waals surface area contributed by atoms with Gasteiger partial charge in [0.25, 0.3) is 0 Å². The number of nitrogens with one attached hydrogen (secondary N) is 2. The Morgan fingerprint density at radius 3 is 2.56 bits per heavy atom. The van der Waals surface area contributed by atoms with Crippen molar-refractivity contribution in [2.24, 2.45) is 0 Å². The van der Waals surface area contributed by atoms with Gasteiger partial charge in [0.05, 0.1) is 12.7 Å². The average molecular weight is 258 g/mol. The van der Waals surface area contributed by atoms with Crippen LogP contribution in [0.15, 0.2) is 0 Å². The third-order valence-corrected chi connectivity index (χ3v) is 3.45. The zero-order valence-corrected chi connectivity index (χ0v) is 11.7. The van der Waals surface area contributed by atoms with Crippen LogP contribution in [0.3, 0.4) is 0 Å². The molecular formula is C13H26N2O3. The number of hydrogen-bond acceptors (Lipinski definition) is 4. The van der Waals surface area contributed by atoms with Crippen molar-refractivity contribution < 1.29 is 14.3 Å². The van der Waals surface area contributed by atoms with Gasteiger partial charge in [-0.15, -0.1) is 0 Å². The van der Waals surface area contributed by atoms with E-state index in [0.29, 0.717) is 19.2 Å². The van der Waals surface area contributed by atoms with E-state index in [-0.39, 0.29) is 18.1 Å². The molecule has 0 aliphatic heterocycles. The largest absolute Gasteiger partial charge is 0.383 e. The standard InChI is InChI=1S/C13H26N2O3/c1-10(13(16)15-8-9-17-3)18-12-6-4-11(14-2)5-7-12/h10-12,14H,4-9H2,1-3H3,(H,15,16). The summed E-state index contributed by atoms with van der Waals surface area (Å²) in [4.78, 5) is 11.7. The summed E-state index contributed by atoms with van der Waals surface area (Å²) in [6, 6.07) is 0.607. The summed E-state index contributed by atoms with van der Waals surface area (Å²) in [6.07, 6.45) is 4.15. The van der Waals surface area contributed by atoms with Crippen LogP contribution in [0, 0.1) is 0 Å². The van der Waals surface area contributed by atoms with E-state index < -0.39 is 0 Å². The monoisotopic (exact) mass is 258 g/mol. The van der Waals surface area contributed by atoms with E-state index in [0.717, 1.165) is 25.7 Å². The maximum absolute atomic E-state index is 11.7. The first-order valence-electron chi connectivity index (χ1n) is 6.76. The summed E-state index contributed by atoms with van der Waals surface area (Å²) in [5, 5.41) is 6.08. The van der Waals surface area contributed by atoms with Crippen LogP contribution in [0.25, 0.3) is 0 Å². The predicted molar refractivity (Wildman–Crippen MR) is 70.5 cm³/mol. The van der Waals surface area contributed by atoms with Crippen molar-refractivity contribution in [3.05, 3.63) is 0 Å². The van der Waals surface area contributed by atoms with Gasteiger partial charge in [0.1, 0.15) is 6.10 Å². The minimum Gasteiger partial charge on any atom is -0.383 e. The van der Waals surface area contributed by atoms with E-state index in [9.17, 15) is 4.79 Å². The SMILES string of the molecule is CNC1CCC(OC(C)C(=O)NCCOC)CC1. The molecule has 1 atom stereocenters. The highest BCUT2D eigenvalue weighted by molar-refractivity contribution is 5.80. The number of carbonyl (C=O) groups is 1. The van der Waals surface area contributed by atoms with Crippen LogP contribution in [0.5, 0.6) is 0 Å². The van der Waals surface area contributed by atoms with Crippen LogP contribution in [0.4, 0.5) is 0 Å². The molecule has 0 aromatic carbocycles. The lowest BCUT2D eigenvalue weighted by Crippen LogP contribution is -2.40. The van der Waals surface area contributed by atoms with E-state index >= 15 is 0 Å². The first-order chi connectivity index (χ1) is 8.67. The second kappa shape index (κ2) is 8.45. The number of ether oxygens (including phenoxy) is 2. The second-order valence-electron chi connectivity index (χ2n) is 4.82. The van der Waals surface area contributed by atoms with Crippen molar-refractivity contribution in [3.8, 4) is 0 Å². The minimum atomic E-state index is -0.377. The molecule has 0 aromatic rings. The van der Waals surface area contributed by atoms with E-state index in [1.165, 1.54) is 0 Å². The zero-order valence-electron chi connectivity index (χ0n) is 11.7. The molecule has 0 aromatic heterocycles. The Bertz CT molecular complexity index is 240. The molecule has 1 unspecified atom stereocenters. The van der Waals surface area contributed by atoms with E-state index in [1.54, 1.807) is 7.11 Å². The van der Waals surface area contributed by atoms with Gasteiger partial charge >= 0.3 is 0 Å². The van der Waals surface area contributed by atoms with Gasteiger partial charge in [0.2, 0.25) is 5.91 Å². The summed E-state index contributed by atoms with van der Waals surface area (Å²) < 4.78 is 10.7. The highest BCUT2D eigenvalue weighted by atomic mass is 16.5.